The lowest BCUT2D eigenvalue weighted by Gasteiger charge is -2.32. The van der Waals surface area contributed by atoms with Crippen molar-refractivity contribution >= 4 is 17.6 Å². The predicted molar refractivity (Wildman–Crippen MR) is 90.9 cm³/mol. The fourth-order valence-corrected chi connectivity index (χ4v) is 3.66. The first-order valence-corrected chi connectivity index (χ1v) is 8.59. The average Bonchev–Trinajstić information content (AvgIpc) is 3.05. The van der Waals surface area contributed by atoms with E-state index in [2.05, 4.69) is 15.1 Å². The van der Waals surface area contributed by atoms with Crippen LogP contribution in [0.1, 0.15) is 22.3 Å². The topological polar surface area (TPSA) is 44.8 Å². The highest BCUT2D eigenvalue weighted by Crippen LogP contribution is 2.23. The van der Waals surface area contributed by atoms with Crippen LogP contribution in [0.2, 0.25) is 5.02 Å². The van der Waals surface area contributed by atoms with Crippen LogP contribution in [0.25, 0.3) is 0 Å². The van der Waals surface area contributed by atoms with Crippen molar-refractivity contribution in [2.45, 2.75) is 19.0 Å². The molecular formula is C17H24ClN3O2. The number of hydrogen-bond acceptors (Lipinski definition) is 5. The number of nitrogens with zero attached hydrogens (tertiary/aromatic N) is 2. The first-order valence-electron chi connectivity index (χ1n) is 8.21. The first-order chi connectivity index (χ1) is 11.2. The van der Waals surface area contributed by atoms with Gasteiger partial charge in [0.25, 0.3) is 0 Å². The summed E-state index contributed by atoms with van der Waals surface area (Å²) in [6, 6.07) is 5.99. The van der Waals surface area contributed by atoms with Crippen LogP contribution >= 0.6 is 11.6 Å². The van der Waals surface area contributed by atoms with Crippen molar-refractivity contribution in [1.29, 1.82) is 0 Å². The lowest BCUT2D eigenvalue weighted by atomic mass is 10.1. The maximum Gasteiger partial charge on any atom is 0.337 e. The molecule has 3 rings (SSSR count). The molecule has 2 aliphatic rings. The van der Waals surface area contributed by atoms with Gasteiger partial charge < -0.3 is 10.1 Å². The van der Waals surface area contributed by atoms with Gasteiger partial charge in [0.15, 0.2) is 0 Å². The van der Waals surface area contributed by atoms with E-state index in [4.69, 9.17) is 16.3 Å². The molecule has 2 saturated heterocycles. The second-order valence-corrected chi connectivity index (χ2v) is 6.67. The van der Waals surface area contributed by atoms with Crippen molar-refractivity contribution in [3.63, 3.8) is 0 Å². The zero-order valence-corrected chi connectivity index (χ0v) is 14.3. The van der Waals surface area contributed by atoms with Crippen molar-refractivity contribution in [2.24, 2.45) is 0 Å². The molecular weight excluding hydrogens is 314 g/mol. The second kappa shape index (κ2) is 7.62. The van der Waals surface area contributed by atoms with E-state index in [1.165, 1.54) is 13.5 Å². The smallest absolute Gasteiger partial charge is 0.337 e. The van der Waals surface area contributed by atoms with E-state index < -0.39 is 0 Å². The Balaban J connectivity index is 1.62. The van der Waals surface area contributed by atoms with Gasteiger partial charge in [-0.1, -0.05) is 11.6 Å². The van der Waals surface area contributed by atoms with Crippen LogP contribution in [0, 0.1) is 0 Å². The van der Waals surface area contributed by atoms with Gasteiger partial charge in [-0.15, -0.1) is 0 Å². The third-order valence-corrected chi connectivity index (χ3v) is 5.14. The monoisotopic (exact) mass is 337 g/mol. The summed E-state index contributed by atoms with van der Waals surface area (Å²) in [5.41, 5.74) is 1.56. The quantitative estimate of drug-likeness (QED) is 0.846. The number of piperazine rings is 1. The molecule has 23 heavy (non-hydrogen) atoms. The molecule has 0 aromatic heterocycles. The molecule has 1 N–H and O–H groups in total. The lowest BCUT2D eigenvalue weighted by molar-refractivity contribution is 0.0600. The number of hydrogen-bond donors (Lipinski definition) is 1. The molecule has 0 aliphatic carbocycles. The fourth-order valence-electron chi connectivity index (χ4n) is 3.48. The number of esters is 1. The highest BCUT2D eigenvalue weighted by atomic mass is 35.5. The third kappa shape index (κ3) is 4.04. The van der Waals surface area contributed by atoms with Gasteiger partial charge in [0.1, 0.15) is 0 Å². The maximum absolute atomic E-state index is 11.7. The summed E-state index contributed by atoms with van der Waals surface area (Å²) in [6.07, 6.45) is 1.20. The SMILES string of the molecule is COC(=O)c1ccc(Cl)c(CN2CCC(N3CCNCC3)C2)c1. The summed E-state index contributed by atoms with van der Waals surface area (Å²) in [4.78, 5) is 16.7. The first kappa shape index (κ1) is 16.7. The van der Waals surface area contributed by atoms with Crippen molar-refractivity contribution in [3.05, 3.63) is 34.3 Å². The highest BCUT2D eigenvalue weighted by molar-refractivity contribution is 6.31. The molecule has 5 nitrogen and oxygen atoms in total. The van der Waals surface area contributed by atoms with Crippen LogP contribution < -0.4 is 5.32 Å². The number of halogens is 1. The summed E-state index contributed by atoms with van der Waals surface area (Å²) in [6.45, 7) is 7.37. The standard InChI is InChI=1S/C17H24ClN3O2/c1-23-17(22)13-2-3-16(18)14(10-13)11-20-7-4-15(12-20)21-8-5-19-6-9-21/h2-3,10,15,19H,4-9,11-12H2,1H3. The molecule has 1 aromatic rings. The summed E-state index contributed by atoms with van der Waals surface area (Å²) in [5.74, 6) is -0.317. The van der Waals surface area contributed by atoms with Crippen LogP contribution in [0.15, 0.2) is 18.2 Å². The Labute approximate surface area is 142 Å². The molecule has 0 spiro atoms. The van der Waals surface area contributed by atoms with Crippen molar-refractivity contribution in [1.82, 2.24) is 15.1 Å². The Morgan fingerprint density at radius 1 is 1.35 bits per heavy atom. The van der Waals surface area contributed by atoms with Crippen molar-refractivity contribution in [3.8, 4) is 0 Å². The number of likely N-dealkylation sites (tertiary alicyclic amines) is 1. The number of methoxy groups -OCH3 is 1. The minimum Gasteiger partial charge on any atom is -0.465 e. The van der Waals surface area contributed by atoms with Crippen LogP contribution in [-0.2, 0) is 11.3 Å². The molecule has 1 atom stereocenters. The fraction of sp³-hybridized carbons (Fsp3) is 0.588. The van der Waals surface area contributed by atoms with E-state index in [1.807, 2.05) is 6.07 Å². The van der Waals surface area contributed by atoms with Gasteiger partial charge in [0.05, 0.1) is 12.7 Å². The van der Waals surface area contributed by atoms with E-state index in [1.54, 1.807) is 12.1 Å². The Bertz CT molecular complexity index is 561. The Kier molecular flexibility index (Phi) is 5.54. The molecule has 1 aromatic carbocycles. The predicted octanol–water partition coefficient (Wildman–Crippen LogP) is 1.61. The molecule has 6 heteroatoms. The summed E-state index contributed by atoms with van der Waals surface area (Å²) in [5, 5.41) is 4.11. The largest absolute Gasteiger partial charge is 0.465 e. The molecule has 2 heterocycles. The number of rotatable bonds is 4. The summed E-state index contributed by atoms with van der Waals surface area (Å²) >= 11 is 6.31. The average molecular weight is 338 g/mol. The Hall–Kier alpha value is -1.14. The normalized spacial score (nSPS) is 23.1. The molecule has 2 aliphatic heterocycles. The van der Waals surface area contributed by atoms with Gasteiger partial charge in [-0.2, -0.15) is 0 Å². The lowest BCUT2D eigenvalue weighted by Crippen LogP contribution is -2.49. The number of nitrogens with one attached hydrogen (secondary N) is 1. The zero-order valence-electron chi connectivity index (χ0n) is 13.6. The van der Waals surface area contributed by atoms with E-state index in [-0.39, 0.29) is 5.97 Å². The zero-order chi connectivity index (χ0) is 16.2. The van der Waals surface area contributed by atoms with E-state index in [9.17, 15) is 4.79 Å². The van der Waals surface area contributed by atoms with E-state index in [0.717, 1.165) is 51.4 Å². The number of carbonyl (C=O) groups excluding carboxylic acids is 1. The van der Waals surface area contributed by atoms with E-state index in [0.29, 0.717) is 16.6 Å². The molecule has 126 valence electrons. The number of benzene rings is 1. The summed E-state index contributed by atoms with van der Waals surface area (Å²) < 4.78 is 4.79. The number of ether oxygens (including phenoxy) is 1. The van der Waals surface area contributed by atoms with Gasteiger partial charge in [0.2, 0.25) is 0 Å². The summed E-state index contributed by atoms with van der Waals surface area (Å²) in [7, 11) is 1.40. The molecule has 2 fully saturated rings. The Morgan fingerprint density at radius 3 is 2.87 bits per heavy atom. The highest BCUT2D eigenvalue weighted by Gasteiger charge is 2.28. The van der Waals surface area contributed by atoms with Gasteiger partial charge in [-0.25, -0.2) is 4.79 Å². The molecule has 0 radical (unpaired) electrons. The number of carbonyl (C=O) groups is 1. The van der Waals surface area contributed by atoms with Crippen molar-refractivity contribution < 1.29 is 9.53 Å². The van der Waals surface area contributed by atoms with Gasteiger partial charge >= 0.3 is 5.97 Å². The molecule has 0 amide bonds. The molecule has 0 saturated carbocycles. The second-order valence-electron chi connectivity index (χ2n) is 6.26. The van der Waals surface area contributed by atoms with E-state index >= 15 is 0 Å². The molecule has 0 bridgehead atoms. The van der Waals surface area contributed by atoms with Crippen LogP contribution in [0.3, 0.4) is 0 Å². The van der Waals surface area contributed by atoms with Gasteiger partial charge in [0, 0.05) is 56.9 Å². The Morgan fingerprint density at radius 2 is 2.13 bits per heavy atom. The minimum absolute atomic E-state index is 0.317. The van der Waals surface area contributed by atoms with Gasteiger partial charge in [-0.3, -0.25) is 9.80 Å². The van der Waals surface area contributed by atoms with Crippen molar-refractivity contribution in [2.75, 3.05) is 46.4 Å². The van der Waals surface area contributed by atoms with Crippen LogP contribution in [-0.4, -0.2) is 68.2 Å². The molecule has 1 unspecified atom stereocenters. The minimum atomic E-state index is -0.317. The van der Waals surface area contributed by atoms with Crippen LogP contribution in [0.5, 0.6) is 0 Å². The van der Waals surface area contributed by atoms with Gasteiger partial charge in [-0.05, 0) is 30.2 Å². The third-order valence-electron chi connectivity index (χ3n) is 4.78. The maximum atomic E-state index is 11.7. The van der Waals surface area contributed by atoms with Crippen LogP contribution in [0.4, 0.5) is 0 Å².